The first-order chi connectivity index (χ1) is 6.31. The van der Waals surface area contributed by atoms with E-state index in [9.17, 15) is 14.4 Å². The molecule has 0 aromatic rings. The van der Waals surface area contributed by atoms with E-state index in [0.717, 1.165) is 6.08 Å². The second-order valence-electron chi connectivity index (χ2n) is 2.39. The monoisotopic (exact) mass is 198 g/mol. The highest BCUT2D eigenvalue weighted by atomic mass is 16.2. The molecule has 0 aliphatic rings. The van der Waals surface area contributed by atoms with Crippen molar-refractivity contribution in [2.24, 2.45) is 5.73 Å². The van der Waals surface area contributed by atoms with Crippen LogP contribution in [0.4, 0.5) is 0 Å². The lowest BCUT2D eigenvalue weighted by Gasteiger charge is -1.89. The number of rotatable bonds is 2. The maximum Gasteiger partial charge on any atom is 0.249 e. The van der Waals surface area contributed by atoms with Crippen molar-refractivity contribution in [1.29, 1.82) is 0 Å². The highest BCUT2D eigenvalue weighted by Gasteiger charge is 1.93. The molecule has 5 heteroatoms. The van der Waals surface area contributed by atoms with Crippen molar-refractivity contribution < 1.29 is 14.4 Å². The molecule has 0 rings (SSSR count). The minimum Gasteiger partial charge on any atom is -0.366 e. The minimum absolute atomic E-state index is 0.366. The number of carbonyl (C=O) groups is 3. The molecule has 14 heavy (non-hydrogen) atoms. The summed E-state index contributed by atoms with van der Waals surface area (Å²) in [5.74, 6) is -1.26. The highest BCUT2D eigenvalue weighted by Crippen LogP contribution is 1.78. The predicted molar refractivity (Wildman–Crippen MR) is 53.0 cm³/mol. The summed E-state index contributed by atoms with van der Waals surface area (Å²) < 4.78 is 0. The molecule has 0 aliphatic heterocycles. The molecule has 0 saturated carbocycles. The summed E-state index contributed by atoms with van der Waals surface area (Å²) in [5.41, 5.74) is 5.09. The summed E-state index contributed by atoms with van der Waals surface area (Å²) in [7, 11) is 0. The van der Waals surface area contributed by atoms with Gasteiger partial charge in [-0.1, -0.05) is 13.2 Å². The number of primary amides is 1. The van der Waals surface area contributed by atoms with Crippen LogP contribution in [0.15, 0.2) is 24.8 Å². The largest absolute Gasteiger partial charge is 0.366 e. The van der Waals surface area contributed by atoms with Crippen LogP contribution in [0.25, 0.3) is 0 Å². The van der Waals surface area contributed by atoms with Gasteiger partial charge in [0.25, 0.3) is 0 Å². The fourth-order valence-corrected chi connectivity index (χ4v) is 0.225. The summed E-state index contributed by atoms with van der Waals surface area (Å²) in [6.45, 7) is 9.27. The van der Waals surface area contributed by atoms with E-state index in [4.69, 9.17) is 5.73 Å². The SMILES string of the molecule is C=C(C)C(N)=O.C=CC(=O)NC(C)=O. The Hall–Kier alpha value is -1.91. The molecule has 5 nitrogen and oxygen atoms in total. The highest BCUT2D eigenvalue weighted by molar-refractivity contribution is 5.99. The van der Waals surface area contributed by atoms with Crippen LogP contribution in [0.2, 0.25) is 0 Å². The predicted octanol–water partition coefficient (Wildman–Crippen LogP) is -0.117. The van der Waals surface area contributed by atoms with E-state index in [2.05, 4.69) is 13.2 Å². The average Bonchev–Trinajstić information content (AvgIpc) is 2.04. The maximum absolute atomic E-state index is 10.2. The Kier molecular flexibility index (Phi) is 8.06. The second kappa shape index (κ2) is 7.72. The van der Waals surface area contributed by atoms with E-state index < -0.39 is 11.8 Å². The lowest BCUT2D eigenvalue weighted by molar-refractivity contribution is -0.126. The average molecular weight is 198 g/mol. The second-order valence-corrected chi connectivity index (χ2v) is 2.39. The molecule has 0 spiro atoms. The summed E-state index contributed by atoms with van der Waals surface area (Å²) in [6, 6.07) is 0. The zero-order valence-corrected chi connectivity index (χ0v) is 8.29. The van der Waals surface area contributed by atoms with Crippen molar-refractivity contribution in [3.63, 3.8) is 0 Å². The van der Waals surface area contributed by atoms with Crippen LogP contribution in [0, 0.1) is 0 Å². The zero-order chi connectivity index (χ0) is 11.7. The third-order valence-corrected chi connectivity index (χ3v) is 0.905. The number of hydrogen-bond acceptors (Lipinski definition) is 3. The quantitative estimate of drug-likeness (QED) is 0.606. The normalized spacial score (nSPS) is 7.57. The molecule has 0 fully saturated rings. The van der Waals surface area contributed by atoms with Crippen LogP contribution < -0.4 is 11.1 Å². The van der Waals surface area contributed by atoms with Gasteiger partial charge in [-0.05, 0) is 13.0 Å². The number of hydrogen-bond donors (Lipinski definition) is 2. The van der Waals surface area contributed by atoms with Gasteiger partial charge in [0.15, 0.2) is 0 Å². The molecule has 0 atom stereocenters. The molecule has 0 aromatic carbocycles. The number of amides is 3. The van der Waals surface area contributed by atoms with Gasteiger partial charge >= 0.3 is 0 Å². The van der Waals surface area contributed by atoms with Crippen LogP contribution in [-0.2, 0) is 14.4 Å². The number of carbonyl (C=O) groups excluding carboxylic acids is 3. The van der Waals surface area contributed by atoms with Gasteiger partial charge in [0.05, 0.1) is 0 Å². The maximum atomic E-state index is 10.2. The van der Waals surface area contributed by atoms with Gasteiger partial charge in [0, 0.05) is 12.5 Å². The van der Waals surface area contributed by atoms with Crippen LogP contribution in [0.3, 0.4) is 0 Å². The van der Waals surface area contributed by atoms with Gasteiger partial charge in [-0.25, -0.2) is 0 Å². The number of nitrogens with one attached hydrogen (secondary N) is 1. The van der Waals surface area contributed by atoms with Gasteiger partial charge < -0.3 is 5.73 Å². The van der Waals surface area contributed by atoms with Gasteiger partial charge in [-0.2, -0.15) is 0 Å². The van der Waals surface area contributed by atoms with E-state index in [-0.39, 0.29) is 5.91 Å². The molecule has 3 amide bonds. The Morgan fingerprint density at radius 1 is 1.29 bits per heavy atom. The minimum atomic E-state index is -0.461. The smallest absolute Gasteiger partial charge is 0.249 e. The molecule has 3 N–H and O–H groups in total. The van der Waals surface area contributed by atoms with E-state index in [1.807, 2.05) is 5.32 Å². The van der Waals surface area contributed by atoms with Crippen molar-refractivity contribution in [2.75, 3.05) is 0 Å². The lowest BCUT2D eigenvalue weighted by Crippen LogP contribution is -2.25. The molecule has 0 heterocycles. The van der Waals surface area contributed by atoms with Crippen molar-refractivity contribution >= 4 is 17.7 Å². The van der Waals surface area contributed by atoms with Gasteiger partial charge in [-0.3, -0.25) is 19.7 Å². The Balaban J connectivity index is 0. The lowest BCUT2D eigenvalue weighted by atomic mass is 10.3. The molecule has 78 valence electrons. The van der Waals surface area contributed by atoms with Crippen LogP contribution in [0.5, 0.6) is 0 Å². The Morgan fingerprint density at radius 2 is 1.64 bits per heavy atom. The van der Waals surface area contributed by atoms with Crippen molar-refractivity contribution in [2.45, 2.75) is 13.8 Å². The van der Waals surface area contributed by atoms with E-state index >= 15 is 0 Å². The molecule has 0 unspecified atom stereocenters. The summed E-state index contributed by atoms with van der Waals surface area (Å²) in [6.07, 6.45) is 1.04. The number of imide groups is 1. The van der Waals surface area contributed by atoms with Gasteiger partial charge in [0.2, 0.25) is 17.7 Å². The fraction of sp³-hybridized carbons (Fsp3) is 0.222. The summed E-state index contributed by atoms with van der Waals surface area (Å²) in [5, 5.41) is 2.00. The first-order valence-corrected chi connectivity index (χ1v) is 3.70. The zero-order valence-electron chi connectivity index (χ0n) is 8.29. The van der Waals surface area contributed by atoms with Crippen LogP contribution in [-0.4, -0.2) is 17.7 Å². The van der Waals surface area contributed by atoms with Crippen molar-refractivity contribution in [3.8, 4) is 0 Å². The molecule has 0 radical (unpaired) electrons. The van der Waals surface area contributed by atoms with Gasteiger partial charge in [-0.15, -0.1) is 0 Å². The van der Waals surface area contributed by atoms with Crippen molar-refractivity contribution in [1.82, 2.24) is 5.32 Å². The summed E-state index contributed by atoms with van der Waals surface area (Å²) in [4.78, 5) is 30.0. The third-order valence-electron chi connectivity index (χ3n) is 0.905. The first-order valence-electron chi connectivity index (χ1n) is 3.70. The standard InChI is InChI=1S/C5H7NO2.C4H7NO/c1-3-5(8)6-4(2)7;1-3(2)4(5)6/h3H,1H2,2H3,(H,6,7,8);1H2,2H3,(H2,5,6). The van der Waals surface area contributed by atoms with E-state index in [1.165, 1.54) is 6.92 Å². The molecular weight excluding hydrogens is 184 g/mol. The topological polar surface area (TPSA) is 89.3 Å². The molecule has 0 aromatic heterocycles. The number of nitrogens with two attached hydrogens (primary N) is 1. The van der Waals surface area contributed by atoms with Gasteiger partial charge in [0.1, 0.15) is 0 Å². The van der Waals surface area contributed by atoms with Crippen molar-refractivity contribution in [3.05, 3.63) is 24.8 Å². The molecular formula is C9H14N2O3. The van der Waals surface area contributed by atoms with Crippen LogP contribution in [0.1, 0.15) is 13.8 Å². The Bertz CT molecular complexity index is 257. The van der Waals surface area contributed by atoms with E-state index in [0.29, 0.717) is 5.57 Å². The summed E-state index contributed by atoms with van der Waals surface area (Å²) >= 11 is 0. The van der Waals surface area contributed by atoms with E-state index in [1.54, 1.807) is 6.92 Å². The molecule has 0 aliphatic carbocycles. The molecule has 0 bridgehead atoms. The Morgan fingerprint density at radius 3 is 1.71 bits per heavy atom. The fourth-order valence-electron chi connectivity index (χ4n) is 0.225. The third kappa shape index (κ3) is 12.7. The molecule has 0 saturated heterocycles. The Labute approximate surface area is 82.7 Å². The van der Waals surface area contributed by atoms with Crippen LogP contribution >= 0.6 is 0 Å². The first kappa shape index (κ1) is 14.6.